The third-order valence-corrected chi connectivity index (χ3v) is 9.45. The van der Waals surface area contributed by atoms with E-state index in [0.717, 1.165) is 72.9 Å². The Hall–Kier alpha value is -5.71. The van der Waals surface area contributed by atoms with Crippen molar-refractivity contribution in [2.75, 3.05) is 61.2 Å². The number of hydrogen-bond donors (Lipinski definition) is 2. The van der Waals surface area contributed by atoms with Gasteiger partial charge in [0.15, 0.2) is 34.5 Å². The van der Waals surface area contributed by atoms with Crippen LogP contribution in [0.15, 0.2) is 60.7 Å². The number of benzene rings is 4. The summed E-state index contributed by atoms with van der Waals surface area (Å²) in [5, 5.41) is 6.44. The Labute approximate surface area is 324 Å². The normalized spacial score (nSPS) is 13.4. The standard InChI is InChI=1S/C44H54N2O9/c1-29-15-19-34-33(23-29)44(47)46-43(45-34)32-18-20-35(36(28-32)48-2)54-21-13-11-9-8-10-12-14-22-55-42-39(51-5)26-31(27-40(42)52-6)17-16-30-24-37(49-3)41(53-7)38(25-30)50-4/h15-20,23-28,43,45H,8-14,21-22H2,1-7H3,(H,46,47)/b17-16+. The molecule has 5 rings (SSSR count). The van der Waals surface area contributed by atoms with Crippen LogP contribution in [0.5, 0.6) is 46.0 Å². The van der Waals surface area contributed by atoms with Gasteiger partial charge in [-0.15, -0.1) is 0 Å². The van der Waals surface area contributed by atoms with E-state index in [-0.39, 0.29) is 12.1 Å². The van der Waals surface area contributed by atoms with Gasteiger partial charge >= 0.3 is 0 Å². The summed E-state index contributed by atoms with van der Waals surface area (Å²) >= 11 is 0. The Kier molecular flexibility index (Phi) is 14.8. The number of aryl methyl sites for hydroxylation is 1. The summed E-state index contributed by atoms with van der Waals surface area (Å²) in [5.41, 5.74) is 5.18. The SMILES string of the molecule is COc1cc(C2NC(=O)c3cc(C)ccc3N2)ccc1OCCCCCCCCCOc1c(OC)cc(/C=C/c2cc(OC)c(OC)c(OC)c2)cc1OC. The van der Waals surface area contributed by atoms with Crippen molar-refractivity contribution in [3.8, 4) is 46.0 Å². The molecular weight excluding hydrogens is 700 g/mol. The quantitative estimate of drug-likeness (QED) is 0.0630. The number of hydrogen-bond acceptors (Lipinski definition) is 10. The van der Waals surface area contributed by atoms with Crippen LogP contribution in [0.25, 0.3) is 12.2 Å². The summed E-state index contributed by atoms with van der Waals surface area (Å²) in [4.78, 5) is 12.7. The fourth-order valence-corrected chi connectivity index (χ4v) is 6.49. The summed E-state index contributed by atoms with van der Waals surface area (Å²) in [6.45, 7) is 3.15. The van der Waals surface area contributed by atoms with E-state index in [1.54, 1.807) is 42.7 Å². The number of carbonyl (C=O) groups excluding carboxylic acids is 1. The van der Waals surface area contributed by atoms with E-state index in [4.69, 9.17) is 37.9 Å². The minimum absolute atomic E-state index is 0.0988. The highest BCUT2D eigenvalue weighted by Gasteiger charge is 2.25. The van der Waals surface area contributed by atoms with Gasteiger partial charge in [-0.1, -0.05) is 62.0 Å². The highest BCUT2D eigenvalue weighted by Crippen LogP contribution is 2.41. The Morgan fingerprint density at radius 2 is 1.05 bits per heavy atom. The Balaban J connectivity index is 1.01. The third kappa shape index (κ3) is 10.5. The van der Waals surface area contributed by atoms with E-state index in [9.17, 15) is 4.79 Å². The van der Waals surface area contributed by atoms with E-state index < -0.39 is 0 Å². The zero-order chi connectivity index (χ0) is 39.2. The minimum Gasteiger partial charge on any atom is -0.493 e. The molecule has 11 nitrogen and oxygen atoms in total. The number of ether oxygens (including phenoxy) is 8. The van der Waals surface area contributed by atoms with E-state index in [0.29, 0.717) is 64.8 Å². The Morgan fingerprint density at radius 3 is 1.60 bits per heavy atom. The highest BCUT2D eigenvalue weighted by atomic mass is 16.5. The Bertz CT molecular complexity index is 1880. The number of carbonyl (C=O) groups is 1. The van der Waals surface area contributed by atoms with Gasteiger partial charge in [0.2, 0.25) is 11.5 Å². The highest BCUT2D eigenvalue weighted by molar-refractivity contribution is 6.02. The first-order valence-electron chi connectivity index (χ1n) is 18.7. The number of amides is 1. The lowest BCUT2D eigenvalue weighted by molar-refractivity contribution is 0.0935. The van der Waals surface area contributed by atoms with E-state index in [1.165, 1.54) is 0 Å². The van der Waals surface area contributed by atoms with Crippen molar-refractivity contribution in [2.45, 2.75) is 58.0 Å². The van der Waals surface area contributed by atoms with E-state index in [2.05, 4.69) is 10.6 Å². The van der Waals surface area contributed by atoms with Crippen molar-refractivity contribution in [1.82, 2.24) is 5.32 Å². The van der Waals surface area contributed by atoms with Crippen molar-refractivity contribution in [1.29, 1.82) is 0 Å². The molecule has 55 heavy (non-hydrogen) atoms. The molecule has 0 saturated heterocycles. The van der Waals surface area contributed by atoms with Gasteiger partial charge in [0.1, 0.15) is 6.17 Å². The second kappa shape index (κ2) is 20.1. The van der Waals surface area contributed by atoms with Crippen molar-refractivity contribution in [2.24, 2.45) is 0 Å². The van der Waals surface area contributed by atoms with Crippen molar-refractivity contribution >= 4 is 23.7 Å². The molecule has 1 aliphatic rings. The molecule has 0 aliphatic carbocycles. The van der Waals surface area contributed by atoms with Crippen LogP contribution >= 0.6 is 0 Å². The molecular formula is C44H54N2O9. The Morgan fingerprint density at radius 1 is 0.527 bits per heavy atom. The molecule has 4 aromatic rings. The monoisotopic (exact) mass is 754 g/mol. The van der Waals surface area contributed by atoms with Gasteiger partial charge in [0.05, 0.1) is 61.4 Å². The molecule has 0 aromatic heterocycles. The van der Waals surface area contributed by atoms with E-state index >= 15 is 0 Å². The second-order valence-electron chi connectivity index (χ2n) is 13.2. The van der Waals surface area contributed by atoms with Crippen LogP contribution in [0.3, 0.4) is 0 Å². The molecule has 294 valence electrons. The van der Waals surface area contributed by atoms with E-state index in [1.807, 2.05) is 79.7 Å². The van der Waals surface area contributed by atoms with Crippen LogP contribution in [0, 0.1) is 6.92 Å². The van der Waals surface area contributed by atoms with Crippen LogP contribution in [0.1, 0.15) is 83.7 Å². The molecule has 1 unspecified atom stereocenters. The average molecular weight is 755 g/mol. The summed E-state index contributed by atoms with van der Waals surface area (Å²) in [6.07, 6.45) is 11.0. The van der Waals surface area contributed by atoms with Crippen LogP contribution < -0.4 is 48.5 Å². The zero-order valence-corrected chi connectivity index (χ0v) is 33.0. The van der Waals surface area contributed by atoms with Crippen molar-refractivity contribution < 1.29 is 42.7 Å². The number of fused-ring (bicyclic) bond motifs is 1. The minimum atomic E-state index is -0.355. The first-order chi connectivity index (χ1) is 26.8. The predicted octanol–water partition coefficient (Wildman–Crippen LogP) is 9.26. The van der Waals surface area contributed by atoms with Crippen LogP contribution in [-0.4, -0.2) is 61.8 Å². The molecule has 0 bridgehead atoms. The van der Waals surface area contributed by atoms with Gasteiger partial charge in [-0.3, -0.25) is 4.79 Å². The fraction of sp³-hybridized carbons (Fsp3) is 0.386. The molecule has 1 amide bonds. The van der Waals surface area contributed by atoms with Crippen molar-refractivity contribution in [3.63, 3.8) is 0 Å². The maximum absolute atomic E-state index is 12.7. The number of rotatable bonds is 21. The molecule has 0 spiro atoms. The average Bonchev–Trinajstić information content (AvgIpc) is 3.21. The molecule has 0 fully saturated rings. The number of anilines is 1. The van der Waals surface area contributed by atoms with Crippen LogP contribution in [0.4, 0.5) is 5.69 Å². The van der Waals surface area contributed by atoms with Crippen molar-refractivity contribution in [3.05, 3.63) is 88.5 Å². The summed E-state index contributed by atoms with van der Waals surface area (Å²) < 4.78 is 45.7. The lowest BCUT2D eigenvalue weighted by Gasteiger charge is -2.28. The predicted molar refractivity (Wildman–Crippen MR) is 216 cm³/mol. The van der Waals surface area contributed by atoms with Gasteiger partial charge in [0.25, 0.3) is 5.91 Å². The van der Waals surface area contributed by atoms with Crippen LogP contribution in [-0.2, 0) is 0 Å². The first-order valence-corrected chi connectivity index (χ1v) is 18.7. The molecule has 1 atom stereocenters. The molecule has 1 aliphatic heterocycles. The van der Waals surface area contributed by atoms with Gasteiger partial charge in [-0.05, 0) is 85.0 Å². The van der Waals surface area contributed by atoms with Gasteiger partial charge < -0.3 is 48.5 Å². The second-order valence-corrected chi connectivity index (χ2v) is 13.2. The number of methoxy groups -OCH3 is 6. The lowest BCUT2D eigenvalue weighted by atomic mass is 10.0. The molecule has 2 N–H and O–H groups in total. The maximum Gasteiger partial charge on any atom is 0.255 e. The first kappa shape index (κ1) is 40.5. The molecule has 1 heterocycles. The largest absolute Gasteiger partial charge is 0.493 e. The topological polar surface area (TPSA) is 115 Å². The summed E-state index contributed by atoms with van der Waals surface area (Å²) in [6, 6.07) is 19.2. The summed E-state index contributed by atoms with van der Waals surface area (Å²) in [7, 11) is 9.66. The zero-order valence-electron chi connectivity index (χ0n) is 33.0. The number of unbranched alkanes of at least 4 members (excludes halogenated alkanes) is 6. The summed E-state index contributed by atoms with van der Waals surface area (Å²) in [5.74, 6) is 4.76. The van der Waals surface area contributed by atoms with Gasteiger partial charge in [-0.2, -0.15) is 0 Å². The fourth-order valence-electron chi connectivity index (χ4n) is 6.49. The van der Waals surface area contributed by atoms with Gasteiger partial charge in [0, 0.05) is 5.69 Å². The smallest absolute Gasteiger partial charge is 0.255 e. The molecule has 4 aromatic carbocycles. The molecule has 0 saturated carbocycles. The number of nitrogens with one attached hydrogen (secondary N) is 2. The lowest BCUT2D eigenvalue weighted by Crippen LogP contribution is -2.38. The molecule has 11 heteroatoms. The molecule has 0 radical (unpaired) electrons. The maximum atomic E-state index is 12.7. The van der Waals surface area contributed by atoms with Crippen LogP contribution in [0.2, 0.25) is 0 Å². The third-order valence-electron chi connectivity index (χ3n) is 9.45. The van der Waals surface area contributed by atoms with Gasteiger partial charge in [-0.25, -0.2) is 0 Å².